The second kappa shape index (κ2) is 8.56. The van der Waals surface area contributed by atoms with Crippen LogP contribution in [0, 0.1) is 5.92 Å². The van der Waals surface area contributed by atoms with E-state index in [0.29, 0.717) is 25.3 Å². The number of carboxylic acids is 1. The van der Waals surface area contributed by atoms with Gasteiger partial charge in [0, 0.05) is 18.5 Å². The van der Waals surface area contributed by atoms with Crippen LogP contribution < -0.4 is 10.6 Å². The zero-order chi connectivity index (χ0) is 16.7. The van der Waals surface area contributed by atoms with E-state index in [4.69, 9.17) is 5.11 Å². The van der Waals surface area contributed by atoms with Gasteiger partial charge in [-0.3, -0.25) is 4.79 Å². The van der Waals surface area contributed by atoms with Crippen molar-refractivity contribution >= 4 is 12.0 Å². The Morgan fingerprint density at radius 1 is 1.17 bits per heavy atom. The topological polar surface area (TPSA) is 78.4 Å². The SMILES string of the molecule is CCC(CNC(=O)NC1CCC(C(=O)O)CC1)c1ccccc1. The van der Waals surface area contributed by atoms with Crippen LogP contribution >= 0.6 is 0 Å². The van der Waals surface area contributed by atoms with E-state index in [1.165, 1.54) is 5.56 Å². The number of urea groups is 1. The molecule has 1 aliphatic rings. The predicted molar refractivity (Wildman–Crippen MR) is 89.4 cm³/mol. The van der Waals surface area contributed by atoms with Crippen molar-refractivity contribution in [1.29, 1.82) is 0 Å². The van der Waals surface area contributed by atoms with Gasteiger partial charge in [0.05, 0.1) is 5.92 Å². The van der Waals surface area contributed by atoms with E-state index in [1.807, 2.05) is 18.2 Å². The number of carbonyl (C=O) groups is 2. The Bertz CT molecular complexity index is 510. The molecule has 0 saturated heterocycles. The van der Waals surface area contributed by atoms with Crippen LogP contribution in [0.5, 0.6) is 0 Å². The molecule has 2 amide bonds. The summed E-state index contributed by atoms with van der Waals surface area (Å²) in [6.45, 7) is 2.72. The van der Waals surface area contributed by atoms with Crippen LogP contribution in [0.4, 0.5) is 4.79 Å². The summed E-state index contributed by atoms with van der Waals surface area (Å²) in [6, 6.07) is 10.1. The molecule has 3 N–H and O–H groups in total. The molecule has 0 radical (unpaired) electrons. The molecular formula is C18H26N2O3. The third-order valence-corrected chi connectivity index (χ3v) is 4.68. The molecule has 0 aromatic heterocycles. The molecule has 0 bridgehead atoms. The van der Waals surface area contributed by atoms with E-state index in [0.717, 1.165) is 19.3 Å². The van der Waals surface area contributed by atoms with Gasteiger partial charge in [0.25, 0.3) is 0 Å². The van der Waals surface area contributed by atoms with E-state index in [2.05, 4.69) is 29.7 Å². The lowest BCUT2D eigenvalue weighted by molar-refractivity contribution is -0.142. The van der Waals surface area contributed by atoms with Gasteiger partial charge in [-0.15, -0.1) is 0 Å². The lowest BCUT2D eigenvalue weighted by Gasteiger charge is -2.27. The maximum atomic E-state index is 12.0. The van der Waals surface area contributed by atoms with Crippen LogP contribution in [-0.4, -0.2) is 29.7 Å². The van der Waals surface area contributed by atoms with Crippen molar-refractivity contribution in [3.63, 3.8) is 0 Å². The summed E-state index contributed by atoms with van der Waals surface area (Å²) in [5.74, 6) is -0.662. The summed E-state index contributed by atoms with van der Waals surface area (Å²) in [5, 5.41) is 14.9. The summed E-state index contributed by atoms with van der Waals surface area (Å²) >= 11 is 0. The van der Waals surface area contributed by atoms with E-state index in [1.54, 1.807) is 0 Å². The quantitative estimate of drug-likeness (QED) is 0.754. The molecule has 1 fully saturated rings. The van der Waals surface area contributed by atoms with Crippen molar-refractivity contribution in [3.8, 4) is 0 Å². The van der Waals surface area contributed by atoms with E-state index < -0.39 is 5.97 Å². The molecule has 0 aliphatic heterocycles. The molecule has 126 valence electrons. The number of hydrogen-bond donors (Lipinski definition) is 3. The monoisotopic (exact) mass is 318 g/mol. The molecule has 1 aromatic carbocycles. The first kappa shape index (κ1) is 17.3. The molecule has 5 heteroatoms. The minimum absolute atomic E-state index is 0.0856. The van der Waals surface area contributed by atoms with Crippen molar-refractivity contribution in [3.05, 3.63) is 35.9 Å². The van der Waals surface area contributed by atoms with Crippen LogP contribution in [0.15, 0.2) is 30.3 Å². The molecule has 1 aromatic rings. The average Bonchev–Trinajstić information content (AvgIpc) is 2.57. The second-order valence-electron chi connectivity index (χ2n) is 6.26. The molecule has 0 heterocycles. The molecule has 5 nitrogen and oxygen atoms in total. The van der Waals surface area contributed by atoms with Crippen LogP contribution in [0.25, 0.3) is 0 Å². The van der Waals surface area contributed by atoms with Gasteiger partial charge < -0.3 is 15.7 Å². The van der Waals surface area contributed by atoms with Crippen LogP contribution in [0.3, 0.4) is 0 Å². The van der Waals surface area contributed by atoms with E-state index in [9.17, 15) is 9.59 Å². The van der Waals surface area contributed by atoms with Gasteiger partial charge >= 0.3 is 12.0 Å². The summed E-state index contributed by atoms with van der Waals surface area (Å²) in [5.41, 5.74) is 1.23. The van der Waals surface area contributed by atoms with Gasteiger partial charge in [0.1, 0.15) is 0 Å². The molecule has 1 saturated carbocycles. The van der Waals surface area contributed by atoms with Crippen LogP contribution in [0.1, 0.15) is 50.5 Å². The second-order valence-corrected chi connectivity index (χ2v) is 6.26. The van der Waals surface area contributed by atoms with Gasteiger partial charge in [-0.25, -0.2) is 4.79 Å². The average molecular weight is 318 g/mol. The van der Waals surface area contributed by atoms with Crippen LogP contribution in [0.2, 0.25) is 0 Å². The first-order chi connectivity index (χ1) is 11.1. The lowest BCUT2D eigenvalue weighted by atomic mass is 9.86. The predicted octanol–water partition coefficient (Wildman–Crippen LogP) is 3.12. The minimum atomic E-state index is -0.721. The highest BCUT2D eigenvalue weighted by Crippen LogP contribution is 2.24. The number of amides is 2. The third kappa shape index (κ3) is 5.27. The van der Waals surface area contributed by atoms with Gasteiger partial charge in [-0.05, 0) is 37.7 Å². The number of benzene rings is 1. The highest BCUT2D eigenvalue weighted by atomic mass is 16.4. The lowest BCUT2D eigenvalue weighted by Crippen LogP contribution is -2.45. The van der Waals surface area contributed by atoms with E-state index in [-0.39, 0.29) is 18.0 Å². The summed E-state index contributed by atoms with van der Waals surface area (Å²) < 4.78 is 0. The molecule has 0 spiro atoms. The fraction of sp³-hybridized carbons (Fsp3) is 0.556. The Morgan fingerprint density at radius 3 is 2.39 bits per heavy atom. The smallest absolute Gasteiger partial charge is 0.315 e. The number of carbonyl (C=O) groups excluding carboxylic acids is 1. The fourth-order valence-electron chi connectivity index (χ4n) is 3.16. The Hall–Kier alpha value is -2.04. The molecular weight excluding hydrogens is 292 g/mol. The number of rotatable bonds is 6. The molecule has 1 unspecified atom stereocenters. The zero-order valence-electron chi connectivity index (χ0n) is 13.6. The summed E-state index contributed by atoms with van der Waals surface area (Å²) in [4.78, 5) is 23.0. The fourth-order valence-corrected chi connectivity index (χ4v) is 3.16. The highest BCUT2D eigenvalue weighted by molar-refractivity contribution is 5.74. The Morgan fingerprint density at radius 2 is 1.83 bits per heavy atom. The van der Waals surface area contributed by atoms with Crippen molar-refractivity contribution in [2.45, 2.75) is 51.0 Å². The number of hydrogen-bond acceptors (Lipinski definition) is 2. The van der Waals surface area contributed by atoms with E-state index >= 15 is 0 Å². The molecule has 23 heavy (non-hydrogen) atoms. The van der Waals surface area contributed by atoms with Crippen LogP contribution in [-0.2, 0) is 4.79 Å². The first-order valence-electron chi connectivity index (χ1n) is 8.42. The highest BCUT2D eigenvalue weighted by Gasteiger charge is 2.26. The molecule has 2 rings (SSSR count). The minimum Gasteiger partial charge on any atom is -0.481 e. The summed E-state index contributed by atoms with van der Waals surface area (Å²) in [6.07, 6.45) is 3.72. The van der Waals surface area contributed by atoms with Gasteiger partial charge in [0.2, 0.25) is 0 Å². The van der Waals surface area contributed by atoms with Crippen molar-refractivity contribution in [2.24, 2.45) is 5.92 Å². The molecule has 1 atom stereocenters. The number of nitrogens with one attached hydrogen (secondary N) is 2. The molecule has 1 aliphatic carbocycles. The normalized spacial score (nSPS) is 22.1. The number of carboxylic acid groups (broad SMARTS) is 1. The Kier molecular flexibility index (Phi) is 6.44. The van der Waals surface area contributed by atoms with Crippen molar-refractivity contribution in [2.75, 3.05) is 6.54 Å². The first-order valence-corrected chi connectivity index (χ1v) is 8.42. The van der Waals surface area contributed by atoms with Crippen molar-refractivity contribution < 1.29 is 14.7 Å². The van der Waals surface area contributed by atoms with Gasteiger partial charge in [-0.2, -0.15) is 0 Å². The Labute approximate surface area is 137 Å². The number of aliphatic carboxylic acids is 1. The summed E-state index contributed by atoms with van der Waals surface area (Å²) in [7, 11) is 0. The third-order valence-electron chi connectivity index (χ3n) is 4.68. The largest absolute Gasteiger partial charge is 0.481 e. The van der Waals surface area contributed by atoms with Gasteiger partial charge in [0.15, 0.2) is 0 Å². The Balaban J connectivity index is 1.74. The maximum absolute atomic E-state index is 12.0. The standard InChI is InChI=1S/C18H26N2O3/c1-2-13(14-6-4-3-5-7-14)12-19-18(23)20-16-10-8-15(9-11-16)17(21)22/h3-7,13,15-16H,2,8-12H2,1H3,(H,21,22)(H2,19,20,23). The van der Waals surface area contributed by atoms with Gasteiger partial charge in [-0.1, -0.05) is 37.3 Å². The zero-order valence-corrected chi connectivity index (χ0v) is 13.6. The maximum Gasteiger partial charge on any atom is 0.315 e. The van der Waals surface area contributed by atoms with Crippen molar-refractivity contribution in [1.82, 2.24) is 10.6 Å².